The Morgan fingerprint density at radius 3 is 2.26 bits per heavy atom. The third-order valence-corrected chi connectivity index (χ3v) is 8.04. The second-order valence-electron chi connectivity index (χ2n) is 10.1. The second kappa shape index (κ2) is 11.9. The molecule has 3 N–H and O–H groups in total. The summed E-state index contributed by atoms with van der Waals surface area (Å²) in [5.74, 6) is -0.654. The molecule has 4 aromatic rings. The number of hydrogen-bond donors (Lipinski definition) is 3. The number of fused-ring (bicyclic) bond motifs is 1. The number of phosphoric acid groups is 1. The van der Waals surface area contributed by atoms with E-state index in [0.29, 0.717) is 36.3 Å². The van der Waals surface area contributed by atoms with Gasteiger partial charge in [-0.2, -0.15) is 0 Å². The number of carbonyl (C=O) groups excluding carboxylic acids is 1. The Morgan fingerprint density at radius 1 is 0.952 bits per heavy atom. The standard InChI is InChI=1S/C28H26BrF3NO7PS/c1-15(2)38-22-11-18(12-23(14-22)39-28(30,31)32)27(3,4)17-9-19(29)13-20(10-17)33-26(34)25-8-16-7-21(40-41(35,36)37)5-6-24(16)42-25/h5-15H,1-4H3,(H,33,34)(H2,35,36,37). The fourth-order valence-corrected chi connectivity index (χ4v) is 5.99. The summed E-state index contributed by atoms with van der Waals surface area (Å²) in [6.45, 7) is 7.18. The molecule has 0 saturated carbocycles. The van der Waals surface area contributed by atoms with Crippen molar-refractivity contribution < 1.29 is 46.3 Å². The molecule has 0 spiro atoms. The summed E-state index contributed by atoms with van der Waals surface area (Å²) < 4.78 is 66.2. The zero-order chi connectivity index (χ0) is 31.0. The third kappa shape index (κ3) is 8.26. The van der Waals surface area contributed by atoms with Crippen molar-refractivity contribution in [1.82, 2.24) is 0 Å². The average Bonchev–Trinajstić information content (AvgIpc) is 3.24. The lowest BCUT2D eigenvalue weighted by molar-refractivity contribution is -0.274. The van der Waals surface area contributed by atoms with E-state index in [1.807, 2.05) is 13.8 Å². The molecule has 1 heterocycles. The third-order valence-electron chi connectivity index (χ3n) is 6.02. The molecule has 224 valence electrons. The summed E-state index contributed by atoms with van der Waals surface area (Å²) in [7, 11) is -4.74. The van der Waals surface area contributed by atoms with Gasteiger partial charge in [0.25, 0.3) is 5.91 Å². The minimum absolute atomic E-state index is 0.0360. The van der Waals surface area contributed by atoms with Crippen LogP contribution in [-0.4, -0.2) is 28.2 Å². The quantitative estimate of drug-likeness (QED) is 0.151. The normalized spacial score (nSPS) is 12.5. The average molecular weight is 688 g/mol. The summed E-state index contributed by atoms with van der Waals surface area (Å²) in [5, 5.41) is 3.41. The van der Waals surface area contributed by atoms with Crippen molar-refractivity contribution in [1.29, 1.82) is 0 Å². The molecule has 0 fully saturated rings. The Balaban J connectivity index is 1.64. The van der Waals surface area contributed by atoms with Crippen LogP contribution in [0, 0.1) is 0 Å². The molecule has 4 rings (SSSR count). The van der Waals surface area contributed by atoms with Gasteiger partial charge in [0.2, 0.25) is 0 Å². The molecule has 14 heteroatoms. The predicted molar refractivity (Wildman–Crippen MR) is 158 cm³/mol. The van der Waals surface area contributed by atoms with Crippen LogP contribution in [-0.2, 0) is 9.98 Å². The van der Waals surface area contributed by atoms with Gasteiger partial charge in [-0.1, -0.05) is 29.8 Å². The van der Waals surface area contributed by atoms with Crippen molar-refractivity contribution in [3.63, 3.8) is 0 Å². The van der Waals surface area contributed by atoms with Gasteiger partial charge in [0.05, 0.1) is 11.0 Å². The molecular formula is C28H26BrF3NO7PS. The molecule has 0 radical (unpaired) electrons. The maximum atomic E-state index is 13.2. The van der Waals surface area contributed by atoms with Crippen LogP contribution < -0.4 is 19.3 Å². The van der Waals surface area contributed by atoms with E-state index in [4.69, 9.17) is 14.5 Å². The number of benzene rings is 3. The molecule has 0 saturated heterocycles. The molecule has 3 aromatic carbocycles. The highest BCUT2D eigenvalue weighted by Gasteiger charge is 2.33. The Bertz CT molecular complexity index is 1680. The highest BCUT2D eigenvalue weighted by molar-refractivity contribution is 9.10. The van der Waals surface area contributed by atoms with Gasteiger partial charge in [0, 0.05) is 26.3 Å². The van der Waals surface area contributed by atoms with E-state index >= 15 is 0 Å². The number of halogens is 4. The Labute approximate surface area is 251 Å². The first-order valence-electron chi connectivity index (χ1n) is 12.4. The second-order valence-corrected chi connectivity index (χ2v) is 13.3. The van der Waals surface area contributed by atoms with E-state index in [1.165, 1.54) is 35.6 Å². The maximum absolute atomic E-state index is 13.2. The van der Waals surface area contributed by atoms with Crippen molar-refractivity contribution in [2.24, 2.45) is 0 Å². The smallest absolute Gasteiger partial charge is 0.491 e. The number of thiophene rings is 1. The van der Waals surface area contributed by atoms with Crippen molar-refractivity contribution in [2.75, 3.05) is 5.32 Å². The van der Waals surface area contributed by atoms with E-state index in [0.717, 1.165) is 0 Å². The summed E-state index contributed by atoms with van der Waals surface area (Å²) >= 11 is 4.64. The van der Waals surface area contributed by atoms with Gasteiger partial charge < -0.3 is 19.3 Å². The molecule has 0 aliphatic rings. The molecule has 1 amide bonds. The molecule has 42 heavy (non-hydrogen) atoms. The van der Waals surface area contributed by atoms with Gasteiger partial charge in [-0.25, -0.2) is 4.57 Å². The summed E-state index contributed by atoms with van der Waals surface area (Å²) in [6, 6.07) is 15.4. The molecule has 8 nitrogen and oxygen atoms in total. The van der Waals surface area contributed by atoms with Gasteiger partial charge in [0.15, 0.2) is 0 Å². The molecule has 0 bridgehead atoms. The van der Waals surface area contributed by atoms with Gasteiger partial charge >= 0.3 is 14.2 Å². The number of ether oxygens (including phenoxy) is 2. The van der Waals surface area contributed by atoms with Crippen LogP contribution in [0.2, 0.25) is 0 Å². The van der Waals surface area contributed by atoms with Gasteiger partial charge in [-0.3, -0.25) is 14.6 Å². The van der Waals surface area contributed by atoms with Crippen LogP contribution in [0.3, 0.4) is 0 Å². The van der Waals surface area contributed by atoms with Crippen LogP contribution in [0.5, 0.6) is 17.2 Å². The van der Waals surface area contributed by atoms with Crippen molar-refractivity contribution in [2.45, 2.75) is 45.6 Å². The number of phosphoric ester groups is 1. The van der Waals surface area contributed by atoms with Crippen molar-refractivity contribution >= 4 is 56.8 Å². The van der Waals surface area contributed by atoms with Crippen molar-refractivity contribution in [3.8, 4) is 17.2 Å². The minimum Gasteiger partial charge on any atom is -0.491 e. The SMILES string of the molecule is CC(C)Oc1cc(OC(F)(F)F)cc(C(C)(C)c2cc(Br)cc(NC(=O)c3cc4cc(OP(=O)(O)O)ccc4s3)c2)c1. The molecule has 1 aromatic heterocycles. The lowest BCUT2D eigenvalue weighted by Gasteiger charge is -2.28. The van der Waals surface area contributed by atoms with Crippen LogP contribution >= 0.6 is 35.1 Å². The maximum Gasteiger partial charge on any atom is 0.573 e. The number of anilines is 1. The minimum atomic E-state index is -4.88. The van der Waals surface area contributed by atoms with E-state index in [9.17, 15) is 22.5 Å². The molecule has 0 aliphatic carbocycles. The zero-order valence-corrected chi connectivity index (χ0v) is 26.0. The number of carbonyl (C=O) groups is 1. The fourth-order valence-electron chi connectivity index (χ4n) is 4.17. The van der Waals surface area contributed by atoms with Gasteiger partial charge in [-0.15, -0.1) is 24.5 Å². The molecule has 0 atom stereocenters. The Hall–Kier alpha value is -3.09. The number of alkyl halides is 3. The first-order valence-corrected chi connectivity index (χ1v) is 15.5. The topological polar surface area (TPSA) is 114 Å². The van der Waals surface area contributed by atoms with Crippen LogP contribution in [0.4, 0.5) is 18.9 Å². The predicted octanol–water partition coefficient (Wildman–Crippen LogP) is 8.40. The lowest BCUT2D eigenvalue weighted by atomic mass is 9.78. The van der Waals surface area contributed by atoms with Crippen LogP contribution in [0.25, 0.3) is 10.1 Å². The Morgan fingerprint density at radius 2 is 1.62 bits per heavy atom. The largest absolute Gasteiger partial charge is 0.573 e. The first-order chi connectivity index (χ1) is 19.4. The van der Waals surface area contributed by atoms with Crippen LogP contribution in [0.15, 0.2) is 65.1 Å². The Kier molecular flexibility index (Phi) is 9.01. The molecular weight excluding hydrogens is 662 g/mol. The summed E-state index contributed by atoms with van der Waals surface area (Å²) in [4.78, 5) is 31.6. The summed E-state index contributed by atoms with van der Waals surface area (Å²) in [6.07, 6.45) is -5.17. The van der Waals surface area contributed by atoms with E-state index in [1.54, 1.807) is 50.2 Å². The van der Waals surface area contributed by atoms with Crippen molar-refractivity contribution in [3.05, 3.63) is 81.1 Å². The van der Waals surface area contributed by atoms with E-state index in [-0.39, 0.29) is 17.6 Å². The monoisotopic (exact) mass is 687 g/mol. The van der Waals surface area contributed by atoms with E-state index < -0.39 is 31.3 Å². The fraction of sp³-hybridized carbons (Fsp3) is 0.250. The number of hydrogen-bond acceptors (Lipinski definition) is 6. The van der Waals surface area contributed by atoms with Crippen LogP contribution in [0.1, 0.15) is 48.5 Å². The number of amides is 1. The first kappa shape index (κ1) is 31.8. The molecule has 0 unspecified atom stereocenters. The highest BCUT2D eigenvalue weighted by atomic mass is 79.9. The van der Waals surface area contributed by atoms with E-state index in [2.05, 4.69) is 30.5 Å². The highest BCUT2D eigenvalue weighted by Crippen LogP contribution is 2.41. The number of nitrogens with one attached hydrogen (secondary N) is 1. The van der Waals surface area contributed by atoms with Gasteiger partial charge in [-0.05, 0) is 85.0 Å². The number of rotatable bonds is 9. The summed E-state index contributed by atoms with van der Waals surface area (Å²) in [5.41, 5.74) is 0.758. The van der Waals surface area contributed by atoms with Gasteiger partial charge in [0.1, 0.15) is 17.2 Å². The zero-order valence-electron chi connectivity index (χ0n) is 22.7. The lowest BCUT2D eigenvalue weighted by Crippen LogP contribution is -2.22. The molecule has 0 aliphatic heterocycles.